The number of carboxylic acid groups (broad SMARTS) is 1. The number of amides is 1. The van der Waals surface area contributed by atoms with Crippen molar-refractivity contribution in [2.45, 2.75) is 12.5 Å². The molecule has 0 bridgehead atoms. The topological polar surface area (TPSA) is 157 Å². The summed E-state index contributed by atoms with van der Waals surface area (Å²) in [6.07, 6.45) is -0.419. The molecule has 1 amide bonds. The Bertz CT molecular complexity index is 238. The first-order valence-electron chi connectivity index (χ1n) is 3.28. The van der Waals surface area contributed by atoms with Crippen LogP contribution in [0.25, 0.3) is 0 Å². The lowest BCUT2D eigenvalue weighted by atomic mass is 10.2. The van der Waals surface area contributed by atoms with Crippen molar-refractivity contribution < 1.29 is 14.7 Å². The lowest BCUT2D eigenvalue weighted by molar-refractivity contribution is -0.140. The monoisotopic (exact) mass is 189 g/mol. The van der Waals surface area contributed by atoms with E-state index in [0.29, 0.717) is 0 Å². The fourth-order valence-electron chi connectivity index (χ4n) is 0.584. The number of carboxylic acids is 1. The standard InChI is InChI=1S/C5H11N5O3/c6-3(11)1-2(4(12)13)9-5(7)10-8/h2H,1,8H2,(H2,6,11)(H,12,13)(H3,7,9,10). The zero-order chi connectivity index (χ0) is 10.4. The van der Waals surface area contributed by atoms with Crippen LogP contribution in [-0.2, 0) is 9.59 Å². The Hall–Kier alpha value is -1.83. The van der Waals surface area contributed by atoms with Crippen molar-refractivity contribution in [2.75, 3.05) is 0 Å². The highest BCUT2D eigenvalue weighted by atomic mass is 16.4. The number of carbonyl (C=O) groups is 2. The van der Waals surface area contributed by atoms with Crippen LogP contribution in [0.1, 0.15) is 6.42 Å². The van der Waals surface area contributed by atoms with Gasteiger partial charge in [-0.1, -0.05) is 0 Å². The Morgan fingerprint density at radius 2 is 2.00 bits per heavy atom. The summed E-state index contributed by atoms with van der Waals surface area (Å²) < 4.78 is 0. The minimum atomic E-state index is -1.30. The summed E-state index contributed by atoms with van der Waals surface area (Å²) in [5.74, 6) is 2.50. The Morgan fingerprint density at radius 3 is 2.31 bits per heavy atom. The highest BCUT2D eigenvalue weighted by molar-refractivity contribution is 5.86. The van der Waals surface area contributed by atoms with E-state index in [1.54, 1.807) is 0 Å². The molecule has 8 nitrogen and oxygen atoms in total. The minimum Gasteiger partial charge on any atom is -0.480 e. The van der Waals surface area contributed by atoms with Crippen molar-refractivity contribution >= 4 is 17.8 Å². The molecule has 8 N–H and O–H groups in total. The maximum atomic E-state index is 10.4. The predicted molar refractivity (Wildman–Crippen MR) is 44.2 cm³/mol. The summed E-state index contributed by atoms with van der Waals surface area (Å²) in [5.41, 5.74) is 11.8. The van der Waals surface area contributed by atoms with E-state index >= 15 is 0 Å². The second-order valence-corrected chi connectivity index (χ2v) is 2.18. The molecule has 0 aromatic heterocycles. The van der Waals surface area contributed by atoms with Crippen LogP contribution in [0.4, 0.5) is 0 Å². The molecule has 0 aromatic carbocycles. The third-order valence-electron chi connectivity index (χ3n) is 1.12. The maximum absolute atomic E-state index is 10.4. The van der Waals surface area contributed by atoms with Gasteiger partial charge in [-0.15, -0.1) is 0 Å². The number of nitrogens with one attached hydrogen (secondary N) is 1. The molecule has 0 heterocycles. The number of aliphatic imine (C=N–C) groups is 1. The molecule has 0 radical (unpaired) electrons. The summed E-state index contributed by atoms with van der Waals surface area (Å²) in [5, 5.41) is 8.53. The van der Waals surface area contributed by atoms with Gasteiger partial charge in [0.1, 0.15) is 0 Å². The van der Waals surface area contributed by atoms with E-state index in [2.05, 4.69) is 4.99 Å². The quantitative estimate of drug-likeness (QED) is 0.138. The van der Waals surface area contributed by atoms with Gasteiger partial charge in [-0.2, -0.15) is 0 Å². The first kappa shape index (κ1) is 11.2. The highest BCUT2D eigenvalue weighted by Crippen LogP contribution is 1.96. The molecular formula is C5H11N5O3. The van der Waals surface area contributed by atoms with Gasteiger partial charge in [0.25, 0.3) is 0 Å². The van der Waals surface area contributed by atoms with E-state index in [-0.39, 0.29) is 5.96 Å². The summed E-state index contributed by atoms with van der Waals surface area (Å²) in [7, 11) is 0. The Labute approximate surface area is 73.8 Å². The number of hydrogen-bond donors (Lipinski definition) is 5. The van der Waals surface area contributed by atoms with E-state index in [9.17, 15) is 9.59 Å². The summed E-state index contributed by atoms with van der Waals surface area (Å²) in [4.78, 5) is 24.2. The smallest absolute Gasteiger partial charge is 0.329 e. The molecule has 0 saturated carbocycles. The number of nitrogens with two attached hydrogens (primary N) is 3. The largest absolute Gasteiger partial charge is 0.480 e. The molecule has 0 aliphatic rings. The Kier molecular flexibility index (Phi) is 4.24. The fraction of sp³-hybridized carbons (Fsp3) is 0.400. The average molecular weight is 189 g/mol. The van der Waals surface area contributed by atoms with Gasteiger partial charge in [0, 0.05) is 0 Å². The summed E-state index contributed by atoms with van der Waals surface area (Å²) in [6.45, 7) is 0. The zero-order valence-electron chi connectivity index (χ0n) is 6.73. The number of nitrogens with zero attached hydrogens (tertiary/aromatic N) is 1. The average Bonchev–Trinajstić information content (AvgIpc) is 2.02. The molecule has 0 spiro atoms. The number of aliphatic carboxylic acids is 1. The van der Waals surface area contributed by atoms with Crippen LogP contribution in [0, 0.1) is 0 Å². The highest BCUT2D eigenvalue weighted by Gasteiger charge is 2.18. The van der Waals surface area contributed by atoms with Crippen LogP contribution < -0.4 is 22.7 Å². The van der Waals surface area contributed by atoms with E-state index in [4.69, 9.17) is 22.4 Å². The van der Waals surface area contributed by atoms with Crippen LogP contribution in [0.15, 0.2) is 4.99 Å². The molecule has 1 unspecified atom stereocenters. The van der Waals surface area contributed by atoms with Gasteiger partial charge in [-0.3, -0.25) is 10.2 Å². The van der Waals surface area contributed by atoms with Gasteiger partial charge < -0.3 is 16.6 Å². The molecule has 8 heteroatoms. The molecule has 0 aliphatic carbocycles. The van der Waals surface area contributed by atoms with Crippen molar-refractivity contribution in [3.8, 4) is 0 Å². The van der Waals surface area contributed by atoms with E-state index < -0.39 is 24.3 Å². The van der Waals surface area contributed by atoms with Crippen LogP contribution in [0.5, 0.6) is 0 Å². The van der Waals surface area contributed by atoms with Crippen LogP contribution in [0.2, 0.25) is 0 Å². The fourth-order valence-corrected chi connectivity index (χ4v) is 0.584. The van der Waals surface area contributed by atoms with Crippen LogP contribution in [-0.4, -0.2) is 29.0 Å². The summed E-state index contributed by atoms with van der Waals surface area (Å²) in [6, 6.07) is -1.30. The number of hydrogen-bond acceptors (Lipinski definition) is 4. The van der Waals surface area contributed by atoms with Crippen molar-refractivity contribution in [1.82, 2.24) is 5.43 Å². The van der Waals surface area contributed by atoms with Crippen molar-refractivity contribution in [3.05, 3.63) is 0 Å². The van der Waals surface area contributed by atoms with E-state index in [0.717, 1.165) is 0 Å². The predicted octanol–water partition coefficient (Wildman–Crippen LogP) is -2.91. The Balaban J connectivity index is 4.43. The number of guanidine groups is 1. The normalized spacial score (nSPS) is 13.5. The van der Waals surface area contributed by atoms with Crippen molar-refractivity contribution in [3.63, 3.8) is 0 Å². The lowest BCUT2D eigenvalue weighted by Gasteiger charge is -2.05. The molecule has 0 aromatic rings. The zero-order valence-corrected chi connectivity index (χ0v) is 6.73. The molecule has 0 fully saturated rings. The second-order valence-electron chi connectivity index (χ2n) is 2.18. The maximum Gasteiger partial charge on any atom is 0.329 e. The minimum absolute atomic E-state index is 0.270. The van der Waals surface area contributed by atoms with Crippen LogP contribution in [0.3, 0.4) is 0 Å². The van der Waals surface area contributed by atoms with Gasteiger partial charge in [-0.05, 0) is 0 Å². The Morgan fingerprint density at radius 1 is 1.46 bits per heavy atom. The molecule has 1 atom stereocenters. The number of rotatable bonds is 4. The van der Waals surface area contributed by atoms with Crippen molar-refractivity contribution in [2.24, 2.45) is 22.3 Å². The van der Waals surface area contributed by atoms with Gasteiger partial charge in [-0.25, -0.2) is 15.6 Å². The number of carbonyl (C=O) groups excluding carboxylic acids is 1. The third-order valence-corrected chi connectivity index (χ3v) is 1.12. The molecule has 13 heavy (non-hydrogen) atoms. The second kappa shape index (κ2) is 4.93. The van der Waals surface area contributed by atoms with Gasteiger partial charge >= 0.3 is 5.97 Å². The SMILES string of the molecule is NNC(N)=NC(CC(N)=O)C(=O)O. The van der Waals surface area contributed by atoms with Gasteiger partial charge in [0.15, 0.2) is 6.04 Å². The third kappa shape index (κ3) is 4.58. The molecule has 0 aliphatic heterocycles. The molecule has 74 valence electrons. The lowest BCUT2D eigenvalue weighted by Crippen LogP contribution is -2.39. The van der Waals surface area contributed by atoms with Gasteiger partial charge in [0.05, 0.1) is 6.42 Å². The summed E-state index contributed by atoms with van der Waals surface area (Å²) >= 11 is 0. The number of primary amides is 1. The van der Waals surface area contributed by atoms with Gasteiger partial charge in [0.2, 0.25) is 11.9 Å². The number of hydrazine groups is 1. The molecule has 0 saturated heterocycles. The first-order valence-corrected chi connectivity index (χ1v) is 3.28. The molecule has 0 rings (SSSR count). The molecular weight excluding hydrogens is 178 g/mol. The van der Waals surface area contributed by atoms with E-state index in [1.807, 2.05) is 5.43 Å². The van der Waals surface area contributed by atoms with Crippen molar-refractivity contribution in [1.29, 1.82) is 0 Å². The van der Waals surface area contributed by atoms with E-state index in [1.165, 1.54) is 0 Å². The first-order chi connectivity index (χ1) is 5.97. The van der Waals surface area contributed by atoms with Crippen LogP contribution >= 0.6 is 0 Å².